The van der Waals surface area contributed by atoms with Crippen LogP contribution in [0.25, 0.3) is 0 Å². The predicted octanol–water partition coefficient (Wildman–Crippen LogP) is 3.12. The third-order valence-electron chi connectivity index (χ3n) is 4.74. The Labute approximate surface area is 91.9 Å². The molecule has 4 aliphatic carbocycles. The molecule has 15 heavy (non-hydrogen) atoms. The van der Waals surface area contributed by atoms with Crippen LogP contribution in [0.1, 0.15) is 45.4 Å². The molecule has 2 unspecified atom stereocenters. The fourth-order valence-electron chi connectivity index (χ4n) is 5.03. The van der Waals surface area contributed by atoms with Crippen molar-refractivity contribution in [3.05, 3.63) is 0 Å². The van der Waals surface area contributed by atoms with E-state index in [4.69, 9.17) is 5.26 Å². The number of hydrogen-bond acceptors (Lipinski definition) is 1. The molecule has 1 nitrogen and oxygen atoms in total. The molecular formula is C14H17N. The van der Waals surface area contributed by atoms with E-state index in [1.54, 1.807) is 0 Å². The Bertz CT molecular complexity index is 376. The van der Waals surface area contributed by atoms with Gasteiger partial charge >= 0.3 is 0 Å². The fourth-order valence-corrected chi connectivity index (χ4v) is 5.03. The Kier molecular flexibility index (Phi) is 1.73. The highest BCUT2D eigenvalue weighted by Gasteiger charge is 2.55. The molecule has 0 amide bonds. The average Bonchev–Trinajstić information content (AvgIpc) is 2.10. The van der Waals surface area contributed by atoms with Crippen LogP contribution in [0.3, 0.4) is 0 Å². The molecule has 0 saturated heterocycles. The maximum atomic E-state index is 8.61. The van der Waals surface area contributed by atoms with Crippen molar-refractivity contribution in [1.82, 2.24) is 0 Å². The molecule has 4 aliphatic rings. The van der Waals surface area contributed by atoms with Crippen molar-refractivity contribution in [3.63, 3.8) is 0 Å². The summed E-state index contributed by atoms with van der Waals surface area (Å²) >= 11 is 0. The largest absolute Gasteiger partial charge is 0.183 e. The maximum Gasteiger partial charge on any atom is 0.152 e. The first-order valence-electron chi connectivity index (χ1n) is 6.04. The smallest absolute Gasteiger partial charge is 0.152 e. The number of nitriles is 1. The van der Waals surface area contributed by atoms with Crippen LogP contribution in [0.15, 0.2) is 0 Å². The summed E-state index contributed by atoms with van der Waals surface area (Å²) in [5, 5.41) is 8.61. The van der Waals surface area contributed by atoms with Gasteiger partial charge in [0.2, 0.25) is 0 Å². The highest BCUT2D eigenvalue weighted by atomic mass is 14.6. The van der Waals surface area contributed by atoms with E-state index in [1.807, 2.05) is 6.07 Å². The molecule has 4 saturated carbocycles. The molecule has 4 rings (SSSR count). The minimum absolute atomic E-state index is 0.231. The van der Waals surface area contributed by atoms with Crippen LogP contribution in [0, 0.1) is 45.8 Å². The van der Waals surface area contributed by atoms with Gasteiger partial charge in [0.25, 0.3) is 0 Å². The fraction of sp³-hybridized carbons (Fsp3) is 0.786. The molecule has 0 spiro atoms. The SMILES string of the molecule is CC12CC3CC(C1)CC(C#CC#N)(C3)C2. The minimum atomic E-state index is 0.231. The van der Waals surface area contributed by atoms with Gasteiger partial charge in [0, 0.05) is 11.3 Å². The summed E-state index contributed by atoms with van der Waals surface area (Å²) < 4.78 is 0. The Hall–Kier alpha value is -0.950. The first-order valence-corrected chi connectivity index (χ1v) is 6.04. The van der Waals surface area contributed by atoms with Crippen molar-refractivity contribution in [2.45, 2.75) is 45.4 Å². The van der Waals surface area contributed by atoms with Crippen molar-refractivity contribution >= 4 is 0 Å². The number of nitrogens with zero attached hydrogens (tertiary/aromatic N) is 1. The molecule has 0 N–H and O–H groups in total. The Morgan fingerprint density at radius 1 is 1.13 bits per heavy atom. The van der Waals surface area contributed by atoms with Gasteiger partial charge in [-0.15, -0.1) is 0 Å². The zero-order valence-electron chi connectivity index (χ0n) is 9.34. The number of hydrogen-bond donors (Lipinski definition) is 0. The van der Waals surface area contributed by atoms with Gasteiger partial charge in [0.1, 0.15) is 0 Å². The highest BCUT2D eigenvalue weighted by Crippen LogP contribution is 2.64. The van der Waals surface area contributed by atoms with Gasteiger partial charge in [-0.1, -0.05) is 12.8 Å². The molecule has 1 heteroatoms. The molecule has 4 bridgehead atoms. The molecule has 0 radical (unpaired) electrons. The van der Waals surface area contributed by atoms with Crippen LogP contribution >= 0.6 is 0 Å². The molecule has 0 aromatic rings. The van der Waals surface area contributed by atoms with Crippen molar-refractivity contribution in [1.29, 1.82) is 5.26 Å². The monoisotopic (exact) mass is 199 g/mol. The van der Waals surface area contributed by atoms with Crippen LogP contribution in [0.5, 0.6) is 0 Å². The topological polar surface area (TPSA) is 23.8 Å². The molecular weight excluding hydrogens is 182 g/mol. The minimum Gasteiger partial charge on any atom is -0.183 e. The second kappa shape index (κ2) is 2.79. The molecule has 0 aromatic carbocycles. The lowest BCUT2D eigenvalue weighted by Crippen LogP contribution is -2.50. The van der Waals surface area contributed by atoms with E-state index in [0.29, 0.717) is 5.41 Å². The zero-order valence-corrected chi connectivity index (χ0v) is 9.34. The molecule has 0 aromatic heterocycles. The normalized spacial score (nSPS) is 50.7. The van der Waals surface area contributed by atoms with E-state index < -0.39 is 0 Å². The van der Waals surface area contributed by atoms with Crippen LogP contribution in [-0.2, 0) is 0 Å². The van der Waals surface area contributed by atoms with E-state index in [9.17, 15) is 0 Å². The summed E-state index contributed by atoms with van der Waals surface area (Å²) in [7, 11) is 0. The van der Waals surface area contributed by atoms with Gasteiger partial charge in [-0.25, -0.2) is 0 Å². The lowest BCUT2D eigenvalue weighted by molar-refractivity contribution is -0.0729. The summed E-state index contributed by atoms with van der Waals surface area (Å²) in [6, 6.07) is 1.99. The molecule has 2 atom stereocenters. The lowest BCUT2D eigenvalue weighted by atomic mass is 9.45. The summed E-state index contributed by atoms with van der Waals surface area (Å²) in [5.41, 5.74) is 0.781. The predicted molar refractivity (Wildman–Crippen MR) is 58.6 cm³/mol. The van der Waals surface area contributed by atoms with Gasteiger partial charge in [0.05, 0.1) is 0 Å². The van der Waals surface area contributed by atoms with E-state index in [2.05, 4.69) is 18.8 Å². The molecule has 0 heterocycles. The Morgan fingerprint density at radius 2 is 1.80 bits per heavy atom. The van der Waals surface area contributed by atoms with E-state index in [1.165, 1.54) is 38.5 Å². The van der Waals surface area contributed by atoms with Gasteiger partial charge in [-0.3, -0.25) is 0 Å². The highest BCUT2D eigenvalue weighted by molar-refractivity contribution is 5.26. The van der Waals surface area contributed by atoms with E-state index in [0.717, 1.165) is 11.8 Å². The second-order valence-electron chi connectivity index (χ2n) is 6.41. The Balaban J connectivity index is 1.96. The Morgan fingerprint density at radius 3 is 2.33 bits per heavy atom. The summed E-state index contributed by atoms with van der Waals surface area (Å²) in [5.74, 6) is 7.78. The first kappa shape index (κ1) is 9.29. The van der Waals surface area contributed by atoms with Crippen molar-refractivity contribution in [2.24, 2.45) is 22.7 Å². The summed E-state index contributed by atoms with van der Waals surface area (Å²) in [4.78, 5) is 0. The summed E-state index contributed by atoms with van der Waals surface area (Å²) in [6.45, 7) is 2.44. The van der Waals surface area contributed by atoms with Gasteiger partial charge in [0.15, 0.2) is 6.07 Å². The van der Waals surface area contributed by atoms with Crippen molar-refractivity contribution in [2.75, 3.05) is 0 Å². The second-order valence-corrected chi connectivity index (χ2v) is 6.41. The third-order valence-corrected chi connectivity index (χ3v) is 4.74. The molecule has 0 aliphatic heterocycles. The van der Waals surface area contributed by atoms with Crippen molar-refractivity contribution in [3.8, 4) is 17.9 Å². The number of rotatable bonds is 0. The first-order chi connectivity index (χ1) is 7.13. The average molecular weight is 199 g/mol. The standard InChI is InChI=1S/C14H17N/c1-13-6-11-5-12(7-13)9-14(8-11,10-13)3-2-4-15/h11-12H,5-10H2,1H3. The van der Waals surface area contributed by atoms with Crippen LogP contribution < -0.4 is 0 Å². The molecule has 78 valence electrons. The molecule has 4 fully saturated rings. The third kappa shape index (κ3) is 1.37. The van der Waals surface area contributed by atoms with E-state index >= 15 is 0 Å². The summed E-state index contributed by atoms with van der Waals surface area (Å²) in [6.07, 6.45) is 8.06. The zero-order chi connectivity index (χ0) is 10.5. The van der Waals surface area contributed by atoms with Crippen LogP contribution in [-0.4, -0.2) is 0 Å². The van der Waals surface area contributed by atoms with Gasteiger partial charge < -0.3 is 0 Å². The van der Waals surface area contributed by atoms with E-state index in [-0.39, 0.29) is 5.41 Å². The van der Waals surface area contributed by atoms with Gasteiger partial charge in [-0.05, 0) is 55.8 Å². The van der Waals surface area contributed by atoms with Crippen molar-refractivity contribution < 1.29 is 0 Å². The lowest BCUT2D eigenvalue weighted by Gasteiger charge is -2.59. The maximum absolute atomic E-state index is 8.61. The van der Waals surface area contributed by atoms with Crippen LogP contribution in [0.4, 0.5) is 0 Å². The van der Waals surface area contributed by atoms with Crippen LogP contribution in [0.2, 0.25) is 0 Å². The quantitative estimate of drug-likeness (QED) is 0.550. The van der Waals surface area contributed by atoms with Gasteiger partial charge in [-0.2, -0.15) is 5.26 Å².